The second-order valence-electron chi connectivity index (χ2n) is 3.85. The quantitative estimate of drug-likeness (QED) is 0.825. The highest BCUT2D eigenvalue weighted by Crippen LogP contribution is 2.28. The molecule has 80 valence electrons. The molecule has 2 rings (SSSR count). The number of fused-ring (bicyclic) bond motifs is 1. The van der Waals surface area contributed by atoms with E-state index in [9.17, 15) is 0 Å². The van der Waals surface area contributed by atoms with Gasteiger partial charge in [-0.25, -0.2) is 0 Å². The molecular weight excluding hydrogens is 186 g/mol. The summed E-state index contributed by atoms with van der Waals surface area (Å²) in [6.07, 6.45) is 3.03. The number of hydrogen-bond acceptors (Lipinski definition) is 2. The summed E-state index contributed by atoms with van der Waals surface area (Å²) in [5, 5.41) is 4.48. The molecule has 0 aliphatic heterocycles. The monoisotopic (exact) mass is 203 g/mol. The average Bonchev–Trinajstić information content (AvgIpc) is 2.70. The Kier molecular flexibility index (Phi) is 3.07. The topological polar surface area (TPSA) is 25.2 Å². The molecule has 1 atom stereocenters. The standard InChI is InChI=1S/C13H17NO/c1-3-10(8-14-2)12-9-15-13-7-5-4-6-11(12)13/h4-7,9-10,14H,3,8H2,1-2H3. The van der Waals surface area contributed by atoms with Crippen molar-refractivity contribution in [3.05, 3.63) is 36.1 Å². The van der Waals surface area contributed by atoms with Crippen LogP contribution < -0.4 is 5.32 Å². The van der Waals surface area contributed by atoms with Crippen LogP contribution in [0, 0.1) is 0 Å². The highest BCUT2D eigenvalue weighted by Gasteiger charge is 2.14. The predicted molar refractivity (Wildman–Crippen MR) is 63.2 cm³/mol. The van der Waals surface area contributed by atoms with E-state index in [1.807, 2.05) is 25.4 Å². The van der Waals surface area contributed by atoms with E-state index in [2.05, 4.69) is 24.4 Å². The van der Waals surface area contributed by atoms with E-state index in [0.29, 0.717) is 5.92 Å². The zero-order valence-electron chi connectivity index (χ0n) is 9.29. The van der Waals surface area contributed by atoms with Crippen LogP contribution in [0.1, 0.15) is 24.8 Å². The lowest BCUT2D eigenvalue weighted by Gasteiger charge is -2.12. The third kappa shape index (κ3) is 1.90. The number of rotatable bonds is 4. The molecule has 0 fully saturated rings. The molecule has 2 nitrogen and oxygen atoms in total. The molecule has 0 aliphatic rings. The van der Waals surface area contributed by atoms with Crippen molar-refractivity contribution in [2.75, 3.05) is 13.6 Å². The summed E-state index contributed by atoms with van der Waals surface area (Å²) in [4.78, 5) is 0. The summed E-state index contributed by atoms with van der Waals surface area (Å²) in [6.45, 7) is 3.21. The maximum absolute atomic E-state index is 5.55. The molecule has 1 aromatic heterocycles. The number of para-hydroxylation sites is 1. The van der Waals surface area contributed by atoms with Gasteiger partial charge in [0.05, 0.1) is 6.26 Å². The van der Waals surface area contributed by atoms with Crippen molar-refractivity contribution >= 4 is 11.0 Å². The van der Waals surface area contributed by atoms with Gasteiger partial charge in [-0.1, -0.05) is 25.1 Å². The van der Waals surface area contributed by atoms with Gasteiger partial charge in [-0.05, 0) is 25.5 Å². The van der Waals surface area contributed by atoms with Crippen molar-refractivity contribution in [2.45, 2.75) is 19.3 Å². The van der Waals surface area contributed by atoms with Crippen molar-refractivity contribution in [2.24, 2.45) is 0 Å². The highest BCUT2D eigenvalue weighted by atomic mass is 16.3. The molecule has 0 spiro atoms. The van der Waals surface area contributed by atoms with Crippen LogP contribution in [0.3, 0.4) is 0 Å². The summed E-state index contributed by atoms with van der Waals surface area (Å²) in [5.41, 5.74) is 2.31. The lowest BCUT2D eigenvalue weighted by molar-refractivity contribution is 0.576. The minimum absolute atomic E-state index is 0.540. The van der Waals surface area contributed by atoms with Gasteiger partial charge >= 0.3 is 0 Å². The molecule has 15 heavy (non-hydrogen) atoms. The maximum Gasteiger partial charge on any atom is 0.134 e. The van der Waals surface area contributed by atoms with E-state index in [4.69, 9.17) is 4.42 Å². The van der Waals surface area contributed by atoms with Crippen LogP contribution in [0.25, 0.3) is 11.0 Å². The second kappa shape index (κ2) is 4.49. The second-order valence-corrected chi connectivity index (χ2v) is 3.85. The van der Waals surface area contributed by atoms with E-state index in [0.717, 1.165) is 18.5 Å². The first kappa shape index (κ1) is 10.2. The van der Waals surface area contributed by atoms with E-state index >= 15 is 0 Å². The Morgan fingerprint density at radius 3 is 2.87 bits per heavy atom. The van der Waals surface area contributed by atoms with Gasteiger partial charge < -0.3 is 9.73 Å². The molecule has 0 saturated carbocycles. The Hall–Kier alpha value is -1.28. The Labute approximate surface area is 90.3 Å². The van der Waals surface area contributed by atoms with Crippen molar-refractivity contribution in [1.29, 1.82) is 0 Å². The molecule has 1 unspecified atom stereocenters. The van der Waals surface area contributed by atoms with E-state index in [1.54, 1.807) is 0 Å². The minimum Gasteiger partial charge on any atom is -0.464 e. The van der Waals surface area contributed by atoms with E-state index < -0.39 is 0 Å². The lowest BCUT2D eigenvalue weighted by atomic mass is 9.96. The Morgan fingerprint density at radius 2 is 2.13 bits per heavy atom. The number of nitrogens with one attached hydrogen (secondary N) is 1. The summed E-state index contributed by atoms with van der Waals surface area (Å²) in [6, 6.07) is 8.22. The highest BCUT2D eigenvalue weighted by molar-refractivity contribution is 5.81. The minimum atomic E-state index is 0.540. The largest absolute Gasteiger partial charge is 0.464 e. The molecular formula is C13H17NO. The van der Waals surface area contributed by atoms with Crippen molar-refractivity contribution < 1.29 is 4.42 Å². The van der Waals surface area contributed by atoms with Crippen LogP contribution in [0.2, 0.25) is 0 Å². The van der Waals surface area contributed by atoms with Gasteiger partial charge in [0.1, 0.15) is 5.58 Å². The van der Waals surface area contributed by atoms with Crippen molar-refractivity contribution in [3.63, 3.8) is 0 Å². The van der Waals surface area contributed by atoms with Crippen LogP contribution >= 0.6 is 0 Å². The molecule has 0 aliphatic carbocycles. The van der Waals surface area contributed by atoms with Crippen LogP contribution in [-0.2, 0) is 0 Å². The number of benzene rings is 1. The first-order valence-corrected chi connectivity index (χ1v) is 5.47. The Morgan fingerprint density at radius 1 is 1.33 bits per heavy atom. The summed E-state index contributed by atoms with van der Waals surface area (Å²) in [7, 11) is 1.99. The van der Waals surface area contributed by atoms with Gasteiger partial charge in [-0.2, -0.15) is 0 Å². The maximum atomic E-state index is 5.55. The number of furan rings is 1. The van der Waals surface area contributed by atoms with Crippen LogP contribution in [-0.4, -0.2) is 13.6 Å². The lowest BCUT2D eigenvalue weighted by Crippen LogP contribution is -2.16. The number of hydrogen-bond donors (Lipinski definition) is 1. The average molecular weight is 203 g/mol. The zero-order valence-corrected chi connectivity index (χ0v) is 9.29. The summed E-state index contributed by atoms with van der Waals surface area (Å²) >= 11 is 0. The molecule has 1 N–H and O–H groups in total. The number of likely N-dealkylation sites (N-methyl/N-ethyl adjacent to an activating group) is 1. The fourth-order valence-corrected chi connectivity index (χ4v) is 2.04. The third-order valence-corrected chi connectivity index (χ3v) is 2.89. The van der Waals surface area contributed by atoms with Gasteiger partial charge in [-0.15, -0.1) is 0 Å². The molecule has 2 aromatic rings. The summed E-state index contributed by atoms with van der Waals surface area (Å²) < 4.78 is 5.55. The molecule has 0 bridgehead atoms. The van der Waals surface area contributed by atoms with E-state index in [1.165, 1.54) is 10.9 Å². The van der Waals surface area contributed by atoms with Crippen LogP contribution in [0.4, 0.5) is 0 Å². The Balaban J connectivity index is 2.41. The van der Waals surface area contributed by atoms with Gasteiger partial charge in [-0.3, -0.25) is 0 Å². The molecule has 1 aromatic carbocycles. The SMILES string of the molecule is CCC(CNC)c1coc2ccccc12. The third-order valence-electron chi connectivity index (χ3n) is 2.89. The van der Waals surface area contributed by atoms with E-state index in [-0.39, 0.29) is 0 Å². The zero-order chi connectivity index (χ0) is 10.7. The molecule has 0 saturated heterocycles. The van der Waals surface area contributed by atoms with Gasteiger partial charge in [0.25, 0.3) is 0 Å². The molecule has 2 heteroatoms. The van der Waals surface area contributed by atoms with Crippen LogP contribution in [0.5, 0.6) is 0 Å². The smallest absolute Gasteiger partial charge is 0.134 e. The first-order chi connectivity index (χ1) is 7.36. The Bertz CT molecular complexity index is 433. The summed E-state index contributed by atoms with van der Waals surface area (Å²) in [5.74, 6) is 0.540. The fraction of sp³-hybridized carbons (Fsp3) is 0.385. The molecule has 1 heterocycles. The fourth-order valence-electron chi connectivity index (χ4n) is 2.04. The van der Waals surface area contributed by atoms with Gasteiger partial charge in [0.15, 0.2) is 0 Å². The molecule has 0 amide bonds. The predicted octanol–water partition coefficient (Wildman–Crippen LogP) is 3.15. The van der Waals surface area contributed by atoms with Gasteiger partial charge in [0, 0.05) is 17.5 Å². The van der Waals surface area contributed by atoms with Crippen LogP contribution in [0.15, 0.2) is 34.9 Å². The molecule has 0 radical (unpaired) electrons. The van der Waals surface area contributed by atoms with Crippen molar-refractivity contribution in [1.82, 2.24) is 5.32 Å². The normalized spacial score (nSPS) is 13.2. The first-order valence-electron chi connectivity index (χ1n) is 5.47. The van der Waals surface area contributed by atoms with Gasteiger partial charge in [0.2, 0.25) is 0 Å². The van der Waals surface area contributed by atoms with Crippen molar-refractivity contribution in [3.8, 4) is 0 Å².